The Labute approximate surface area is 84.1 Å². The molecule has 0 bridgehead atoms. The van der Waals surface area contributed by atoms with Crippen LogP contribution in [0.4, 0.5) is 13.2 Å². The van der Waals surface area contributed by atoms with E-state index in [1.807, 2.05) is 0 Å². The second-order valence-corrected chi connectivity index (χ2v) is 4.72. The van der Waals surface area contributed by atoms with Crippen molar-refractivity contribution in [2.45, 2.75) is 24.5 Å². The van der Waals surface area contributed by atoms with E-state index in [4.69, 9.17) is 0 Å². The van der Waals surface area contributed by atoms with Crippen LogP contribution in [0.3, 0.4) is 0 Å². The molecule has 0 atom stereocenters. The third-order valence-electron chi connectivity index (χ3n) is 1.51. The molecule has 1 heterocycles. The minimum absolute atomic E-state index is 0.172. The average Bonchev–Trinajstić information content (AvgIpc) is 1.99. The molecule has 0 radical (unpaired) electrons. The quantitative estimate of drug-likeness (QED) is 0.696. The van der Waals surface area contributed by atoms with E-state index >= 15 is 0 Å². The molecule has 0 saturated carbocycles. The van der Waals surface area contributed by atoms with Crippen LogP contribution in [0.15, 0.2) is 11.2 Å². The molecule has 0 aliphatic carbocycles. The van der Waals surface area contributed by atoms with Crippen LogP contribution in [-0.4, -0.2) is 23.9 Å². The number of rotatable bonds is 1. The predicted molar refractivity (Wildman–Crippen MR) is 44.7 cm³/mol. The van der Waals surface area contributed by atoms with Crippen molar-refractivity contribution in [1.29, 1.82) is 0 Å². The second-order valence-electron chi connectivity index (χ2n) is 2.88. The van der Waals surface area contributed by atoms with Gasteiger partial charge in [-0.1, -0.05) is 0 Å². The van der Waals surface area contributed by atoms with Gasteiger partial charge in [-0.2, -0.15) is 13.2 Å². The van der Waals surface area contributed by atoms with Gasteiger partial charge in [-0.05, 0) is 19.9 Å². The van der Waals surface area contributed by atoms with Crippen molar-refractivity contribution >= 4 is 9.84 Å². The van der Waals surface area contributed by atoms with Crippen molar-refractivity contribution in [3.63, 3.8) is 0 Å². The van der Waals surface area contributed by atoms with Crippen LogP contribution in [0.25, 0.3) is 0 Å². The van der Waals surface area contributed by atoms with E-state index in [1.165, 1.54) is 19.9 Å². The van der Waals surface area contributed by atoms with Gasteiger partial charge in [0.05, 0.1) is 0 Å². The Morgan fingerprint density at radius 3 is 1.87 bits per heavy atom. The van der Waals surface area contributed by atoms with E-state index in [0.717, 1.165) is 0 Å². The molecule has 0 fully saturated rings. The van der Waals surface area contributed by atoms with Crippen LogP contribution in [0.5, 0.6) is 0 Å². The van der Waals surface area contributed by atoms with E-state index < -0.39 is 20.5 Å². The SMILES string of the molecule is Cc1cc(C)nc(S(=O)(=O)C(F)(F)F)n1. The normalized spacial score (nSPS) is 12.9. The summed E-state index contributed by atoms with van der Waals surface area (Å²) in [7, 11) is -5.44. The molecule has 4 nitrogen and oxygen atoms in total. The van der Waals surface area contributed by atoms with E-state index in [1.54, 1.807) is 0 Å². The van der Waals surface area contributed by atoms with Gasteiger partial charge in [0.15, 0.2) is 0 Å². The maximum atomic E-state index is 12.1. The first-order valence-electron chi connectivity index (χ1n) is 3.78. The fraction of sp³-hybridized carbons (Fsp3) is 0.429. The predicted octanol–water partition coefficient (Wildman–Crippen LogP) is 1.39. The highest BCUT2D eigenvalue weighted by Gasteiger charge is 2.49. The van der Waals surface area contributed by atoms with Crippen molar-refractivity contribution < 1.29 is 21.6 Å². The lowest BCUT2D eigenvalue weighted by atomic mass is 10.4. The zero-order valence-corrected chi connectivity index (χ0v) is 8.65. The highest BCUT2D eigenvalue weighted by molar-refractivity contribution is 7.92. The maximum Gasteiger partial charge on any atom is 0.505 e. The molecule has 15 heavy (non-hydrogen) atoms. The molecule has 1 rings (SSSR count). The average molecular weight is 240 g/mol. The van der Waals surface area contributed by atoms with Crippen LogP contribution in [0.1, 0.15) is 11.4 Å². The smallest absolute Gasteiger partial charge is 0.223 e. The van der Waals surface area contributed by atoms with Gasteiger partial charge in [-0.3, -0.25) is 0 Å². The number of hydrogen-bond acceptors (Lipinski definition) is 4. The summed E-state index contributed by atoms with van der Waals surface area (Å²) in [6.07, 6.45) is 0. The number of alkyl halides is 3. The Hall–Kier alpha value is -1.18. The van der Waals surface area contributed by atoms with Gasteiger partial charge in [0, 0.05) is 11.4 Å². The minimum Gasteiger partial charge on any atom is -0.223 e. The molecule has 0 saturated heterocycles. The van der Waals surface area contributed by atoms with Gasteiger partial charge < -0.3 is 0 Å². The van der Waals surface area contributed by atoms with Crippen molar-refractivity contribution in [1.82, 2.24) is 9.97 Å². The first kappa shape index (κ1) is 11.9. The summed E-state index contributed by atoms with van der Waals surface area (Å²) < 4.78 is 58.2. The third-order valence-corrected chi connectivity index (χ3v) is 2.78. The van der Waals surface area contributed by atoms with Crippen molar-refractivity contribution in [3.05, 3.63) is 17.5 Å². The van der Waals surface area contributed by atoms with Crippen LogP contribution in [0, 0.1) is 13.8 Å². The van der Waals surface area contributed by atoms with Crippen LogP contribution in [-0.2, 0) is 9.84 Å². The molecule has 84 valence electrons. The van der Waals surface area contributed by atoms with Crippen molar-refractivity contribution in [2.75, 3.05) is 0 Å². The number of halogens is 3. The number of hydrogen-bond donors (Lipinski definition) is 0. The summed E-state index contributed by atoms with van der Waals surface area (Å²) in [5.41, 5.74) is -5.02. The molecule has 0 aliphatic heterocycles. The number of aryl methyl sites for hydroxylation is 2. The molecule has 0 amide bonds. The van der Waals surface area contributed by atoms with Gasteiger partial charge in [0.25, 0.3) is 5.16 Å². The highest BCUT2D eigenvalue weighted by atomic mass is 32.2. The summed E-state index contributed by atoms with van der Waals surface area (Å²) in [6.45, 7) is 2.79. The van der Waals surface area contributed by atoms with E-state index in [0.29, 0.717) is 0 Å². The summed E-state index contributed by atoms with van der Waals surface area (Å²) in [5, 5.41) is -1.20. The lowest BCUT2D eigenvalue weighted by Gasteiger charge is -2.07. The maximum absolute atomic E-state index is 12.1. The molecule has 1 aromatic rings. The molecular formula is C7H7F3N2O2S. The monoisotopic (exact) mass is 240 g/mol. The van der Waals surface area contributed by atoms with Gasteiger partial charge >= 0.3 is 15.3 Å². The molecule has 0 unspecified atom stereocenters. The summed E-state index contributed by atoms with van der Waals surface area (Å²) in [4.78, 5) is 6.51. The second kappa shape index (κ2) is 3.44. The van der Waals surface area contributed by atoms with Gasteiger partial charge in [-0.15, -0.1) is 0 Å². The number of nitrogens with zero attached hydrogens (tertiary/aromatic N) is 2. The lowest BCUT2D eigenvalue weighted by molar-refractivity contribution is -0.0440. The Bertz CT molecular complexity index is 461. The topological polar surface area (TPSA) is 59.9 Å². The van der Waals surface area contributed by atoms with Crippen LogP contribution >= 0.6 is 0 Å². The van der Waals surface area contributed by atoms with E-state index in [-0.39, 0.29) is 11.4 Å². The van der Waals surface area contributed by atoms with Gasteiger partial charge in [0.2, 0.25) is 0 Å². The first-order chi connectivity index (χ1) is 6.64. The van der Waals surface area contributed by atoms with Gasteiger partial charge in [-0.25, -0.2) is 18.4 Å². The summed E-state index contributed by atoms with van der Waals surface area (Å²) >= 11 is 0. The van der Waals surface area contributed by atoms with Crippen LogP contribution < -0.4 is 0 Å². The van der Waals surface area contributed by atoms with E-state index in [9.17, 15) is 21.6 Å². The van der Waals surface area contributed by atoms with Crippen LogP contribution in [0.2, 0.25) is 0 Å². The molecule has 0 aromatic carbocycles. The zero-order valence-electron chi connectivity index (χ0n) is 7.83. The fourth-order valence-corrected chi connectivity index (χ4v) is 1.65. The Balaban J connectivity index is 3.41. The molecule has 0 N–H and O–H groups in total. The van der Waals surface area contributed by atoms with Crippen molar-refractivity contribution in [3.8, 4) is 0 Å². The minimum atomic E-state index is -5.44. The number of aromatic nitrogens is 2. The third kappa shape index (κ3) is 2.25. The molecule has 0 aliphatic rings. The summed E-state index contributed by atoms with van der Waals surface area (Å²) in [6, 6.07) is 1.38. The molecular weight excluding hydrogens is 233 g/mol. The van der Waals surface area contributed by atoms with Crippen molar-refractivity contribution in [2.24, 2.45) is 0 Å². The first-order valence-corrected chi connectivity index (χ1v) is 5.26. The lowest BCUT2D eigenvalue weighted by Crippen LogP contribution is -2.25. The Morgan fingerprint density at radius 2 is 1.53 bits per heavy atom. The Kier molecular flexibility index (Phi) is 2.73. The summed E-state index contributed by atoms with van der Waals surface area (Å²) in [5.74, 6) is 0. The zero-order chi connectivity index (χ0) is 11.9. The van der Waals surface area contributed by atoms with E-state index in [2.05, 4.69) is 9.97 Å². The van der Waals surface area contributed by atoms with Gasteiger partial charge in [0.1, 0.15) is 0 Å². The fourth-order valence-electron chi connectivity index (χ4n) is 0.917. The molecule has 0 spiro atoms. The molecule has 8 heteroatoms. The number of sulfone groups is 1. The Morgan fingerprint density at radius 1 is 1.13 bits per heavy atom. The highest BCUT2D eigenvalue weighted by Crippen LogP contribution is 2.28. The molecule has 1 aromatic heterocycles. The largest absolute Gasteiger partial charge is 0.505 e. The standard InChI is InChI=1S/C7H7F3N2O2S/c1-4-3-5(2)12-6(11-4)15(13,14)7(8,9)10/h3H,1-2H3.